The second kappa shape index (κ2) is 9.55. The smallest absolute Gasteiger partial charge is 0.350 e. The van der Waals surface area contributed by atoms with Crippen LogP contribution in [0.15, 0.2) is 48.3 Å². The van der Waals surface area contributed by atoms with E-state index in [-0.39, 0.29) is 39.3 Å². The number of pyridine rings is 1. The summed E-state index contributed by atoms with van der Waals surface area (Å²) in [4.78, 5) is 48.2. The minimum absolute atomic E-state index is 0.0785. The van der Waals surface area contributed by atoms with Crippen LogP contribution in [0.4, 0.5) is 5.13 Å². The highest BCUT2D eigenvalue weighted by molar-refractivity contribution is 7.17. The number of aromatic hydroxyl groups is 1. The molecule has 1 aromatic carbocycles. The van der Waals surface area contributed by atoms with Crippen LogP contribution >= 0.6 is 11.3 Å². The molecule has 35 heavy (non-hydrogen) atoms. The highest BCUT2D eigenvalue weighted by Crippen LogP contribution is 2.45. The lowest BCUT2D eigenvalue weighted by molar-refractivity contribution is -0.132. The summed E-state index contributed by atoms with van der Waals surface area (Å²) >= 11 is 0.893. The number of amides is 1. The number of methoxy groups -OCH3 is 1. The van der Waals surface area contributed by atoms with Gasteiger partial charge in [-0.25, -0.2) is 9.78 Å². The van der Waals surface area contributed by atoms with E-state index in [2.05, 4.69) is 9.97 Å². The summed E-state index contributed by atoms with van der Waals surface area (Å²) in [5.74, 6) is -2.86. The van der Waals surface area contributed by atoms with Gasteiger partial charge in [0, 0.05) is 18.0 Å². The summed E-state index contributed by atoms with van der Waals surface area (Å²) < 4.78 is 10.3. The standard InChI is InChI=1S/C24H21N3O7S/c1-4-34-16-11-14(5-6-15(16)28)18-17(19(29)13-7-9-25-10-8-13)20(30)22(31)27(18)24-26-12(2)21(35-24)23(32)33-3/h5-11,18,28-29H,4H2,1-3H3/b19-17+. The highest BCUT2D eigenvalue weighted by atomic mass is 32.1. The van der Waals surface area contributed by atoms with Gasteiger partial charge in [-0.2, -0.15) is 0 Å². The number of ether oxygens (including phenoxy) is 2. The van der Waals surface area contributed by atoms with E-state index in [4.69, 9.17) is 9.47 Å². The summed E-state index contributed by atoms with van der Waals surface area (Å²) in [6.45, 7) is 3.60. The third-order valence-corrected chi connectivity index (χ3v) is 6.50. The lowest BCUT2D eigenvalue weighted by atomic mass is 9.95. The molecular weight excluding hydrogens is 474 g/mol. The average molecular weight is 496 g/mol. The molecule has 2 aromatic heterocycles. The Labute approximate surface area is 204 Å². The van der Waals surface area contributed by atoms with Gasteiger partial charge in [0.05, 0.1) is 31.0 Å². The Balaban J connectivity index is 1.96. The quantitative estimate of drug-likeness (QED) is 0.228. The molecule has 10 nitrogen and oxygen atoms in total. The van der Waals surface area contributed by atoms with Crippen LogP contribution in [0.3, 0.4) is 0 Å². The first-order valence-corrected chi connectivity index (χ1v) is 11.3. The number of rotatable bonds is 6. The predicted molar refractivity (Wildman–Crippen MR) is 126 cm³/mol. The van der Waals surface area contributed by atoms with E-state index < -0.39 is 29.5 Å². The summed E-state index contributed by atoms with van der Waals surface area (Å²) in [7, 11) is 1.23. The molecule has 0 radical (unpaired) electrons. The Morgan fingerprint density at radius 3 is 2.57 bits per heavy atom. The molecule has 2 N–H and O–H groups in total. The fraction of sp³-hybridized carbons (Fsp3) is 0.208. The number of Topliss-reactive ketones (excluding diaryl/α,β-unsaturated/α-hetero) is 1. The number of benzene rings is 1. The maximum absolute atomic E-state index is 13.3. The molecule has 1 unspecified atom stereocenters. The molecular formula is C24H21N3O7S. The van der Waals surface area contributed by atoms with Crippen LogP contribution < -0.4 is 9.64 Å². The Morgan fingerprint density at radius 2 is 1.91 bits per heavy atom. The number of hydrogen-bond donors (Lipinski definition) is 2. The Hall–Kier alpha value is -4.25. The van der Waals surface area contributed by atoms with Gasteiger partial charge in [0.25, 0.3) is 5.78 Å². The van der Waals surface area contributed by atoms with Gasteiger partial charge in [-0.3, -0.25) is 19.5 Å². The first-order chi connectivity index (χ1) is 16.8. The number of ketones is 1. The SMILES string of the molecule is CCOc1cc(C2/C(=C(\O)c3ccncc3)C(=O)C(=O)N2c2nc(C)c(C(=O)OC)s2)ccc1O. The zero-order chi connectivity index (χ0) is 25.3. The van der Waals surface area contributed by atoms with Gasteiger partial charge >= 0.3 is 11.9 Å². The summed E-state index contributed by atoms with van der Waals surface area (Å²) in [5, 5.41) is 21.4. The number of aliphatic hydroxyl groups excluding tert-OH is 1. The Kier molecular flexibility index (Phi) is 6.52. The second-order valence-corrected chi connectivity index (χ2v) is 8.45. The number of anilines is 1. The zero-order valence-electron chi connectivity index (χ0n) is 19.0. The molecule has 180 valence electrons. The molecule has 1 amide bonds. The molecule has 11 heteroatoms. The van der Waals surface area contributed by atoms with Crippen molar-refractivity contribution >= 4 is 39.9 Å². The number of phenols is 1. The molecule has 0 spiro atoms. The predicted octanol–water partition coefficient (Wildman–Crippen LogP) is 3.36. The van der Waals surface area contributed by atoms with Crippen LogP contribution in [0, 0.1) is 6.92 Å². The van der Waals surface area contributed by atoms with Crippen LogP contribution in [0.25, 0.3) is 5.76 Å². The van der Waals surface area contributed by atoms with Crippen molar-refractivity contribution in [1.29, 1.82) is 0 Å². The molecule has 0 bridgehead atoms. The molecule has 0 saturated carbocycles. The van der Waals surface area contributed by atoms with Crippen molar-refractivity contribution in [2.24, 2.45) is 0 Å². The van der Waals surface area contributed by atoms with Crippen molar-refractivity contribution in [1.82, 2.24) is 9.97 Å². The number of hydrogen-bond acceptors (Lipinski definition) is 10. The van der Waals surface area contributed by atoms with Crippen molar-refractivity contribution in [3.05, 3.63) is 70.0 Å². The van der Waals surface area contributed by atoms with Crippen LogP contribution in [0.2, 0.25) is 0 Å². The lowest BCUT2D eigenvalue weighted by Crippen LogP contribution is -2.29. The topological polar surface area (TPSA) is 139 Å². The number of nitrogens with zero attached hydrogens (tertiary/aromatic N) is 3. The van der Waals surface area contributed by atoms with E-state index >= 15 is 0 Å². The minimum Gasteiger partial charge on any atom is -0.507 e. The van der Waals surface area contributed by atoms with Crippen molar-refractivity contribution < 1.29 is 34.1 Å². The number of carbonyl (C=O) groups excluding carboxylic acids is 3. The fourth-order valence-electron chi connectivity index (χ4n) is 3.75. The molecule has 1 aliphatic rings. The first-order valence-electron chi connectivity index (χ1n) is 10.5. The number of aromatic nitrogens is 2. The summed E-state index contributed by atoms with van der Waals surface area (Å²) in [6.07, 6.45) is 2.89. The number of thiazole rings is 1. The van der Waals surface area contributed by atoms with Crippen LogP contribution in [-0.2, 0) is 14.3 Å². The van der Waals surface area contributed by atoms with Gasteiger partial charge in [0.15, 0.2) is 16.6 Å². The van der Waals surface area contributed by atoms with Gasteiger partial charge in [-0.15, -0.1) is 0 Å². The van der Waals surface area contributed by atoms with E-state index in [1.807, 2.05) is 0 Å². The maximum Gasteiger partial charge on any atom is 0.350 e. The van der Waals surface area contributed by atoms with E-state index in [1.54, 1.807) is 13.8 Å². The maximum atomic E-state index is 13.3. The number of aryl methyl sites for hydroxylation is 1. The molecule has 1 atom stereocenters. The van der Waals surface area contributed by atoms with Gasteiger partial charge in [-0.1, -0.05) is 17.4 Å². The molecule has 1 fully saturated rings. The third kappa shape index (κ3) is 4.21. The minimum atomic E-state index is -1.11. The highest BCUT2D eigenvalue weighted by Gasteiger charge is 2.48. The second-order valence-electron chi connectivity index (χ2n) is 7.47. The Morgan fingerprint density at radius 1 is 1.20 bits per heavy atom. The normalized spacial score (nSPS) is 17.0. The molecule has 4 rings (SSSR count). The van der Waals surface area contributed by atoms with Gasteiger partial charge in [0.1, 0.15) is 10.6 Å². The molecule has 1 aliphatic heterocycles. The largest absolute Gasteiger partial charge is 0.507 e. The number of carbonyl (C=O) groups is 3. The van der Waals surface area contributed by atoms with Crippen LogP contribution in [-0.4, -0.2) is 51.6 Å². The van der Waals surface area contributed by atoms with Crippen molar-refractivity contribution in [3.8, 4) is 11.5 Å². The van der Waals surface area contributed by atoms with Gasteiger partial charge in [-0.05, 0) is 43.7 Å². The first kappa shape index (κ1) is 23.9. The molecule has 1 saturated heterocycles. The third-order valence-electron chi connectivity index (χ3n) is 5.36. The van der Waals surface area contributed by atoms with Crippen molar-refractivity contribution in [2.45, 2.75) is 19.9 Å². The van der Waals surface area contributed by atoms with Crippen LogP contribution in [0.1, 0.15) is 39.5 Å². The van der Waals surface area contributed by atoms with Crippen molar-refractivity contribution in [3.63, 3.8) is 0 Å². The van der Waals surface area contributed by atoms with Gasteiger partial charge in [0.2, 0.25) is 0 Å². The van der Waals surface area contributed by atoms with E-state index in [0.29, 0.717) is 11.3 Å². The van der Waals surface area contributed by atoms with E-state index in [1.165, 1.54) is 49.8 Å². The number of aliphatic hydroxyl groups is 1. The fourth-order valence-corrected chi connectivity index (χ4v) is 4.76. The average Bonchev–Trinajstić information content (AvgIpc) is 3.37. The zero-order valence-corrected chi connectivity index (χ0v) is 19.8. The molecule has 3 aromatic rings. The molecule has 3 heterocycles. The van der Waals surface area contributed by atoms with Crippen molar-refractivity contribution in [2.75, 3.05) is 18.6 Å². The van der Waals surface area contributed by atoms with E-state index in [0.717, 1.165) is 16.2 Å². The summed E-state index contributed by atoms with van der Waals surface area (Å²) in [6, 6.07) is 6.28. The molecule has 0 aliphatic carbocycles. The van der Waals surface area contributed by atoms with Crippen LogP contribution in [0.5, 0.6) is 11.5 Å². The summed E-state index contributed by atoms with van der Waals surface area (Å²) in [5.41, 5.74) is 0.820. The number of esters is 1. The van der Waals surface area contributed by atoms with Gasteiger partial charge < -0.3 is 19.7 Å². The van der Waals surface area contributed by atoms with E-state index in [9.17, 15) is 24.6 Å². The number of phenolic OH excluding ortho intramolecular Hbond substituents is 1. The Bertz CT molecular complexity index is 1350. The monoisotopic (exact) mass is 495 g/mol. The lowest BCUT2D eigenvalue weighted by Gasteiger charge is -2.23.